The van der Waals surface area contributed by atoms with Crippen molar-refractivity contribution in [3.8, 4) is 0 Å². The van der Waals surface area contributed by atoms with Crippen LogP contribution < -0.4 is 10.9 Å². The normalized spacial score (nSPS) is 10.7. The maximum absolute atomic E-state index is 12.3. The van der Waals surface area contributed by atoms with E-state index in [4.69, 9.17) is 16.7 Å². The highest BCUT2D eigenvalue weighted by molar-refractivity contribution is 6.31. The molecular formula is C17H21ClN4O4. The molecule has 2 rings (SSSR count). The van der Waals surface area contributed by atoms with Crippen LogP contribution in [0.4, 0.5) is 4.79 Å². The van der Waals surface area contributed by atoms with E-state index in [-0.39, 0.29) is 31.1 Å². The third-order valence-electron chi connectivity index (χ3n) is 3.68. The Labute approximate surface area is 155 Å². The van der Waals surface area contributed by atoms with E-state index in [0.717, 1.165) is 6.42 Å². The van der Waals surface area contributed by atoms with Crippen molar-refractivity contribution in [1.82, 2.24) is 20.2 Å². The van der Waals surface area contributed by atoms with E-state index in [1.54, 1.807) is 18.2 Å². The molecule has 0 saturated heterocycles. The number of halogens is 1. The molecule has 2 amide bonds. The molecule has 0 aliphatic rings. The fourth-order valence-corrected chi connectivity index (χ4v) is 2.65. The molecule has 9 heteroatoms. The second-order valence-corrected chi connectivity index (χ2v) is 6.26. The summed E-state index contributed by atoms with van der Waals surface area (Å²) in [7, 11) is 0. The summed E-state index contributed by atoms with van der Waals surface area (Å²) < 4.78 is 0. The van der Waals surface area contributed by atoms with Gasteiger partial charge >= 0.3 is 12.0 Å². The molecule has 0 spiro atoms. The summed E-state index contributed by atoms with van der Waals surface area (Å²) in [6.45, 7) is 2.81. The first-order chi connectivity index (χ1) is 12.4. The van der Waals surface area contributed by atoms with E-state index in [0.29, 0.717) is 34.7 Å². The third kappa shape index (κ3) is 5.45. The van der Waals surface area contributed by atoms with Crippen LogP contribution in [-0.2, 0) is 11.3 Å². The molecule has 1 aromatic carbocycles. The van der Waals surface area contributed by atoms with Gasteiger partial charge in [-0.15, -0.1) is 0 Å². The minimum atomic E-state index is -0.902. The maximum Gasteiger partial charge on any atom is 0.317 e. The summed E-state index contributed by atoms with van der Waals surface area (Å²) in [6, 6.07) is 4.50. The number of carboxylic acids is 1. The van der Waals surface area contributed by atoms with Gasteiger partial charge in [-0.05, 0) is 31.0 Å². The first-order valence-corrected chi connectivity index (χ1v) is 8.71. The van der Waals surface area contributed by atoms with Crippen LogP contribution in [0, 0.1) is 0 Å². The molecule has 140 valence electrons. The van der Waals surface area contributed by atoms with Crippen LogP contribution in [0.3, 0.4) is 0 Å². The highest BCUT2D eigenvalue weighted by Gasteiger charge is 2.15. The molecule has 1 heterocycles. The number of aromatic amines is 1. The molecule has 0 unspecified atom stereocenters. The van der Waals surface area contributed by atoms with Crippen molar-refractivity contribution in [3.63, 3.8) is 0 Å². The van der Waals surface area contributed by atoms with Crippen LogP contribution in [0.2, 0.25) is 5.02 Å². The number of amides is 2. The SMILES string of the molecule is CCCN(Cc1nc2cc(Cl)ccc2c(=O)[nH]1)C(=O)NCCCC(=O)O. The topological polar surface area (TPSA) is 115 Å². The first kappa shape index (κ1) is 19.7. The Hall–Kier alpha value is -2.61. The van der Waals surface area contributed by atoms with Crippen LogP contribution in [0.5, 0.6) is 0 Å². The van der Waals surface area contributed by atoms with E-state index in [2.05, 4.69) is 15.3 Å². The van der Waals surface area contributed by atoms with Crippen LogP contribution in [0.15, 0.2) is 23.0 Å². The Morgan fingerprint density at radius 3 is 2.85 bits per heavy atom. The van der Waals surface area contributed by atoms with Gasteiger partial charge in [0.05, 0.1) is 17.4 Å². The van der Waals surface area contributed by atoms with Crippen molar-refractivity contribution in [2.45, 2.75) is 32.7 Å². The van der Waals surface area contributed by atoms with Crippen molar-refractivity contribution in [2.24, 2.45) is 0 Å². The highest BCUT2D eigenvalue weighted by atomic mass is 35.5. The zero-order chi connectivity index (χ0) is 19.1. The number of benzene rings is 1. The molecule has 26 heavy (non-hydrogen) atoms. The summed E-state index contributed by atoms with van der Waals surface area (Å²) in [6.07, 6.45) is 1.07. The lowest BCUT2D eigenvalue weighted by Crippen LogP contribution is -2.41. The molecule has 0 saturated carbocycles. The molecule has 3 N–H and O–H groups in total. The second-order valence-electron chi connectivity index (χ2n) is 5.82. The zero-order valence-electron chi connectivity index (χ0n) is 14.4. The van der Waals surface area contributed by atoms with Crippen molar-refractivity contribution >= 4 is 34.5 Å². The van der Waals surface area contributed by atoms with Gasteiger partial charge in [-0.25, -0.2) is 9.78 Å². The van der Waals surface area contributed by atoms with Crippen molar-refractivity contribution in [1.29, 1.82) is 0 Å². The van der Waals surface area contributed by atoms with Crippen LogP contribution in [0.1, 0.15) is 32.0 Å². The molecule has 0 fully saturated rings. The Kier molecular flexibility index (Phi) is 6.97. The van der Waals surface area contributed by atoms with E-state index in [1.165, 1.54) is 4.90 Å². The number of fused-ring (bicyclic) bond motifs is 1. The number of urea groups is 1. The van der Waals surface area contributed by atoms with Gasteiger partial charge in [0.2, 0.25) is 0 Å². The molecule has 0 aliphatic carbocycles. The largest absolute Gasteiger partial charge is 0.481 e. The molecule has 0 aliphatic heterocycles. The molecule has 0 bridgehead atoms. The Bertz CT molecular complexity index is 852. The smallest absolute Gasteiger partial charge is 0.317 e. The van der Waals surface area contributed by atoms with Gasteiger partial charge in [-0.3, -0.25) is 9.59 Å². The van der Waals surface area contributed by atoms with Crippen molar-refractivity contribution in [3.05, 3.63) is 39.4 Å². The summed E-state index contributed by atoms with van der Waals surface area (Å²) in [5, 5.41) is 12.2. The van der Waals surface area contributed by atoms with Crippen molar-refractivity contribution < 1.29 is 14.7 Å². The van der Waals surface area contributed by atoms with Gasteiger partial charge in [-0.2, -0.15) is 0 Å². The average molecular weight is 381 g/mol. The first-order valence-electron chi connectivity index (χ1n) is 8.33. The summed E-state index contributed by atoms with van der Waals surface area (Å²) in [5.74, 6) is -0.542. The van der Waals surface area contributed by atoms with Crippen LogP contribution in [-0.4, -0.2) is 45.1 Å². The quantitative estimate of drug-likeness (QED) is 0.608. The third-order valence-corrected chi connectivity index (χ3v) is 3.92. The predicted octanol–water partition coefficient (Wildman–Crippen LogP) is 2.36. The molecule has 0 atom stereocenters. The van der Waals surface area contributed by atoms with E-state index < -0.39 is 5.97 Å². The minimum Gasteiger partial charge on any atom is -0.481 e. The molecule has 2 aromatic rings. The standard InChI is InChI=1S/C17H21ClN4O4/c1-2-8-22(17(26)19-7-3-4-15(23)24)10-14-20-13-9-11(18)5-6-12(13)16(25)21-14/h5-6,9H,2-4,7-8,10H2,1H3,(H,19,26)(H,23,24)(H,20,21,25). The zero-order valence-corrected chi connectivity index (χ0v) is 15.2. The summed E-state index contributed by atoms with van der Waals surface area (Å²) in [4.78, 5) is 43.6. The average Bonchev–Trinajstić information content (AvgIpc) is 2.57. The Morgan fingerprint density at radius 1 is 1.38 bits per heavy atom. The van der Waals surface area contributed by atoms with E-state index >= 15 is 0 Å². The molecule has 1 aromatic heterocycles. The number of hydrogen-bond acceptors (Lipinski definition) is 4. The van der Waals surface area contributed by atoms with E-state index in [1.807, 2.05) is 6.92 Å². The number of carboxylic acid groups (broad SMARTS) is 1. The van der Waals surface area contributed by atoms with Gasteiger partial charge in [0.25, 0.3) is 5.56 Å². The van der Waals surface area contributed by atoms with Gasteiger partial charge < -0.3 is 20.3 Å². The number of carbonyl (C=O) groups is 2. The predicted molar refractivity (Wildman–Crippen MR) is 98.3 cm³/mol. The summed E-state index contributed by atoms with van der Waals surface area (Å²) >= 11 is 5.95. The minimum absolute atomic E-state index is 0.00559. The molecular weight excluding hydrogens is 360 g/mol. The number of carbonyl (C=O) groups excluding carboxylic acids is 1. The number of H-pyrrole nitrogens is 1. The second kappa shape index (κ2) is 9.19. The van der Waals surface area contributed by atoms with Gasteiger partial charge in [0.15, 0.2) is 0 Å². The van der Waals surface area contributed by atoms with E-state index in [9.17, 15) is 14.4 Å². The van der Waals surface area contributed by atoms with Gasteiger partial charge in [-0.1, -0.05) is 18.5 Å². The number of aromatic nitrogens is 2. The highest BCUT2D eigenvalue weighted by Crippen LogP contribution is 2.15. The Morgan fingerprint density at radius 2 is 2.15 bits per heavy atom. The lowest BCUT2D eigenvalue weighted by Gasteiger charge is -2.22. The number of hydrogen-bond donors (Lipinski definition) is 3. The van der Waals surface area contributed by atoms with Crippen LogP contribution >= 0.6 is 11.6 Å². The van der Waals surface area contributed by atoms with Gasteiger partial charge in [0.1, 0.15) is 5.82 Å². The number of nitrogens with one attached hydrogen (secondary N) is 2. The molecule has 0 radical (unpaired) electrons. The fraction of sp³-hybridized carbons (Fsp3) is 0.412. The number of aliphatic carboxylic acids is 1. The van der Waals surface area contributed by atoms with Crippen LogP contribution in [0.25, 0.3) is 10.9 Å². The summed E-state index contributed by atoms with van der Waals surface area (Å²) in [5.41, 5.74) is 0.176. The lowest BCUT2D eigenvalue weighted by atomic mass is 10.2. The monoisotopic (exact) mass is 380 g/mol. The number of nitrogens with zero attached hydrogens (tertiary/aromatic N) is 2. The number of rotatable bonds is 8. The lowest BCUT2D eigenvalue weighted by molar-refractivity contribution is -0.137. The maximum atomic E-state index is 12.3. The molecule has 8 nitrogen and oxygen atoms in total. The fourth-order valence-electron chi connectivity index (χ4n) is 2.49. The Balaban J connectivity index is 2.11. The van der Waals surface area contributed by atoms with Crippen molar-refractivity contribution in [2.75, 3.05) is 13.1 Å². The van der Waals surface area contributed by atoms with Gasteiger partial charge in [0, 0.05) is 24.5 Å².